The first-order chi connectivity index (χ1) is 17.5. The smallest absolute Gasteiger partial charge is 0.161 e. The molecule has 1 fully saturated rings. The summed E-state index contributed by atoms with van der Waals surface area (Å²) in [7, 11) is 3.45. The standard InChI is InChI=1S/C28H36ClN3O4/c1-4-27-30-12-15-32(27)16-17-35-26-18-22(8-9-25(26)33-2)20-31-13-10-28(34-3,11-14-31)21-36-24-7-5-6-23(29)19-24/h5-9,12,15,18-19H,4,10-11,13-14,16-17,20-21H2,1-3H3. The molecule has 0 spiro atoms. The van der Waals surface area contributed by atoms with Crippen LogP contribution >= 0.6 is 11.6 Å². The number of aryl methyl sites for hydroxylation is 1. The van der Waals surface area contributed by atoms with Crippen LogP contribution in [0.15, 0.2) is 54.9 Å². The zero-order valence-electron chi connectivity index (χ0n) is 21.4. The van der Waals surface area contributed by atoms with Crippen LogP contribution in [-0.4, -0.2) is 60.6 Å². The Morgan fingerprint density at radius 3 is 2.58 bits per heavy atom. The van der Waals surface area contributed by atoms with Crippen LogP contribution in [0.5, 0.6) is 17.2 Å². The van der Waals surface area contributed by atoms with Crippen molar-refractivity contribution in [2.24, 2.45) is 0 Å². The first-order valence-corrected chi connectivity index (χ1v) is 12.9. The van der Waals surface area contributed by atoms with Crippen molar-refractivity contribution in [3.8, 4) is 17.2 Å². The van der Waals surface area contributed by atoms with E-state index in [1.807, 2.05) is 42.7 Å². The lowest BCUT2D eigenvalue weighted by atomic mass is 9.91. The van der Waals surface area contributed by atoms with Crippen LogP contribution in [-0.2, 0) is 24.2 Å². The summed E-state index contributed by atoms with van der Waals surface area (Å²) in [5.41, 5.74) is 0.903. The predicted molar refractivity (Wildman–Crippen MR) is 141 cm³/mol. The molecule has 2 aromatic carbocycles. The minimum absolute atomic E-state index is 0.294. The molecule has 0 saturated carbocycles. The third kappa shape index (κ3) is 6.72. The molecule has 0 N–H and O–H groups in total. The Balaban J connectivity index is 1.31. The fourth-order valence-corrected chi connectivity index (χ4v) is 4.78. The topological polar surface area (TPSA) is 58.0 Å². The highest BCUT2D eigenvalue weighted by atomic mass is 35.5. The summed E-state index contributed by atoms with van der Waals surface area (Å²) in [6, 6.07) is 13.7. The lowest BCUT2D eigenvalue weighted by Gasteiger charge is -2.40. The summed E-state index contributed by atoms with van der Waals surface area (Å²) in [4.78, 5) is 6.82. The van der Waals surface area contributed by atoms with E-state index in [1.54, 1.807) is 14.2 Å². The number of nitrogens with zero attached hydrogens (tertiary/aromatic N) is 3. The Labute approximate surface area is 218 Å². The van der Waals surface area contributed by atoms with E-state index in [4.69, 9.17) is 30.5 Å². The van der Waals surface area contributed by atoms with Crippen molar-refractivity contribution >= 4 is 11.6 Å². The van der Waals surface area contributed by atoms with Crippen molar-refractivity contribution in [3.05, 3.63) is 71.3 Å². The Morgan fingerprint density at radius 1 is 1.03 bits per heavy atom. The highest BCUT2D eigenvalue weighted by Crippen LogP contribution is 2.31. The average molecular weight is 514 g/mol. The molecule has 2 heterocycles. The fourth-order valence-electron chi connectivity index (χ4n) is 4.60. The highest BCUT2D eigenvalue weighted by molar-refractivity contribution is 6.30. The zero-order valence-corrected chi connectivity index (χ0v) is 22.2. The molecule has 0 aliphatic carbocycles. The molecule has 36 heavy (non-hydrogen) atoms. The maximum atomic E-state index is 6.13. The number of imidazole rings is 1. The summed E-state index contributed by atoms with van der Waals surface area (Å²) in [6.45, 7) is 6.61. The van der Waals surface area contributed by atoms with Crippen LogP contribution < -0.4 is 14.2 Å². The molecule has 1 aliphatic heterocycles. The molecule has 3 aromatic rings. The van der Waals surface area contributed by atoms with Crippen molar-refractivity contribution in [2.45, 2.75) is 44.9 Å². The Kier molecular flexibility index (Phi) is 9.13. The van der Waals surface area contributed by atoms with Gasteiger partial charge in [0.15, 0.2) is 11.5 Å². The van der Waals surface area contributed by atoms with Gasteiger partial charge < -0.3 is 23.5 Å². The molecular formula is C28H36ClN3O4. The molecule has 4 rings (SSSR count). The van der Waals surface area contributed by atoms with Gasteiger partial charge in [-0.25, -0.2) is 4.98 Å². The van der Waals surface area contributed by atoms with E-state index < -0.39 is 0 Å². The van der Waals surface area contributed by atoms with Crippen LogP contribution in [0.25, 0.3) is 0 Å². The number of hydrogen-bond donors (Lipinski definition) is 0. The molecule has 7 nitrogen and oxygen atoms in total. The van der Waals surface area contributed by atoms with Crippen LogP contribution in [0, 0.1) is 0 Å². The minimum Gasteiger partial charge on any atom is -0.493 e. The van der Waals surface area contributed by atoms with Gasteiger partial charge in [-0.1, -0.05) is 30.7 Å². The van der Waals surface area contributed by atoms with Gasteiger partial charge in [0.05, 0.1) is 13.7 Å². The first kappa shape index (κ1) is 26.3. The minimum atomic E-state index is -0.294. The van der Waals surface area contributed by atoms with Crippen LogP contribution in [0.4, 0.5) is 0 Å². The van der Waals surface area contributed by atoms with Crippen molar-refractivity contribution in [1.29, 1.82) is 0 Å². The Morgan fingerprint density at radius 2 is 1.86 bits per heavy atom. The third-order valence-electron chi connectivity index (χ3n) is 6.84. The number of piperidine rings is 1. The van der Waals surface area contributed by atoms with Gasteiger partial charge in [0.25, 0.3) is 0 Å². The number of ether oxygens (including phenoxy) is 4. The lowest BCUT2D eigenvalue weighted by molar-refractivity contribution is -0.0839. The Hall–Kier alpha value is -2.74. The van der Waals surface area contributed by atoms with Crippen LogP contribution in [0.2, 0.25) is 5.02 Å². The summed E-state index contributed by atoms with van der Waals surface area (Å²) >= 11 is 6.09. The SMILES string of the molecule is CCc1nccn1CCOc1cc(CN2CCC(COc3cccc(Cl)c3)(OC)CC2)ccc1OC. The van der Waals surface area contributed by atoms with Gasteiger partial charge in [-0.15, -0.1) is 0 Å². The van der Waals surface area contributed by atoms with Gasteiger partial charge in [-0.05, 0) is 48.7 Å². The third-order valence-corrected chi connectivity index (χ3v) is 7.08. The molecule has 0 atom stereocenters. The van der Waals surface area contributed by atoms with E-state index in [-0.39, 0.29) is 5.60 Å². The molecule has 0 radical (unpaired) electrons. The summed E-state index contributed by atoms with van der Waals surface area (Å²) < 4.78 is 25.8. The molecule has 1 aliphatic rings. The number of methoxy groups -OCH3 is 2. The van der Waals surface area contributed by atoms with Crippen molar-refractivity contribution in [3.63, 3.8) is 0 Å². The van der Waals surface area contributed by atoms with Gasteiger partial charge in [0.1, 0.15) is 30.4 Å². The number of rotatable bonds is 12. The highest BCUT2D eigenvalue weighted by Gasteiger charge is 2.35. The van der Waals surface area contributed by atoms with E-state index in [2.05, 4.69) is 33.5 Å². The van der Waals surface area contributed by atoms with Gasteiger partial charge in [0, 0.05) is 50.6 Å². The van der Waals surface area contributed by atoms with Gasteiger partial charge >= 0.3 is 0 Å². The number of aromatic nitrogens is 2. The van der Waals surface area contributed by atoms with Crippen LogP contribution in [0.3, 0.4) is 0 Å². The second-order valence-corrected chi connectivity index (χ2v) is 9.57. The van der Waals surface area contributed by atoms with E-state index in [0.29, 0.717) is 18.2 Å². The number of benzene rings is 2. The van der Waals surface area contributed by atoms with Gasteiger partial charge in [-0.2, -0.15) is 0 Å². The summed E-state index contributed by atoms with van der Waals surface area (Å²) in [6.07, 6.45) is 6.52. The number of halogens is 1. The van der Waals surface area contributed by atoms with E-state index in [9.17, 15) is 0 Å². The maximum absolute atomic E-state index is 6.13. The normalized spacial score (nSPS) is 15.6. The van der Waals surface area contributed by atoms with Crippen molar-refractivity contribution < 1.29 is 18.9 Å². The molecular weight excluding hydrogens is 478 g/mol. The van der Waals surface area contributed by atoms with Gasteiger partial charge in [0.2, 0.25) is 0 Å². The monoisotopic (exact) mass is 513 g/mol. The summed E-state index contributed by atoms with van der Waals surface area (Å²) in [5.74, 6) is 3.35. The molecule has 1 saturated heterocycles. The average Bonchev–Trinajstić information content (AvgIpc) is 3.36. The zero-order chi connectivity index (χ0) is 25.4. The van der Waals surface area contributed by atoms with Crippen LogP contribution in [0.1, 0.15) is 31.2 Å². The lowest BCUT2D eigenvalue weighted by Crippen LogP contribution is -2.48. The fraction of sp³-hybridized carbons (Fsp3) is 0.464. The number of hydrogen-bond acceptors (Lipinski definition) is 6. The molecule has 1 aromatic heterocycles. The predicted octanol–water partition coefficient (Wildman–Crippen LogP) is 5.25. The molecule has 0 amide bonds. The number of likely N-dealkylation sites (tertiary alicyclic amines) is 1. The largest absolute Gasteiger partial charge is 0.493 e. The maximum Gasteiger partial charge on any atom is 0.161 e. The second kappa shape index (κ2) is 12.5. The van der Waals surface area contributed by atoms with Crippen molar-refractivity contribution in [2.75, 3.05) is 40.5 Å². The molecule has 0 unspecified atom stereocenters. The van der Waals surface area contributed by atoms with Crippen molar-refractivity contribution in [1.82, 2.24) is 14.5 Å². The van der Waals surface area contributed by atoms with Gasteiger partial charge in [-0.3, -0.25) is 4.90 Å². The second-order valence-electron chi connectivity index (χ2n) is 9.13. The Bertz CT molecular complexity index is 1110. The molecule has 194 valence electrons. The summed E-state index contributed by atoms with van der Waals surface area (Å²) in [5, 5.41) is 0.670. The molecule has 8 heteroatoms. The van der Waals surface area contributed by atoms with E-state index in [1.165, 1.54) is 5.56 Å². The van der Waals surface area contributed by atoms with E-state index >= 15 is 0 Å². The quantitative estimate of drug-likeness (QED) is 0.330. The molecule has 0 bridgehead atoms. The van der Waals surface area contributed by atoms with E-state index in [0.717, 1.165) is 68.5 Å². The first-order valence-electron chi connectivity index (χ1n) is 12.5.